The van der Waals surface area contributed by atoms with Crippen LogP contribution in [0.5, 0.6) is 0 Å². The van der Waals surface area contributed by atoms with Crippen molar-refractivity contribution >= 4 is 21.7 Å². The minimum absolute atomic E-state index is 0.0330. The number of sulfone groups is 1. The zero-order chi connectivity index (χ0) is 17.0. The van der Waals surface area contributed by atoms with E-state index in [4.69, 9.17) is 0 Å². The van der Waals surface area contributed by atoms with E-state index in [-0.39, 0.29) is 29.1 Å². The predicted molar refractivity (Wildman–Crippen MR) is 85.9 cm³/mol. The molecule has 1 aromatic heterocycles. The van der Waals surface area contributed by atoms with E-state index in [1.165, 1.54) is 23.2 Å². The number of carbonyl (C=O) groups is 2. The van der Waals surface area contributed by atoms with Gasteiger partial charge in [-0.25, -0.2) is 8.42 Å². The SMILES string of the molecule is C=CCNC(=O)c1ccnc(C(=O)N(C)C2CCS(=O)(=O)C2)c1. The van der Waals surface area contributed by atoms with Crippen molar-refractivity contribution in [3.8, 4) is 0 Å². The number of nitrogens with one attached hydrogen (secondary N) is 1. The van der Waals surface area contributed by atoms with Gasteiger partial charge in [0.2, 0.25) is 0 Å². The molecule has 7 nitrogen and oxygen atoms in total. The third kappa shape index (κ3) is 4.16. The van der Waals surface area contributed by atoms with Crippen molar-refractivity contribution in [2.24, 2.45) is 0 Å². The molecule has 1 fully saturated rings. The molecule has 0 spiro atoms. The zero-order valence-corrected chi connectivity index (χ0v) is 13.7. The van der Waals surface area contributed by atoms with E-state index in [1.54, 1.807) is 13.1 Å². The molecule has 0 saturated carbocycles. The highest BCUT2D eigenvalue weighted by Gasteiger charge is 2.33. The van der Waals surface area contributed by atoms with Gasteiger partial charge in [-0.15, -0.1) is 6.58 Å². The summed E-state index contributed by atoms with van der Waals surface area (Å²) in [7, 11) is -1.52. The summed E-state index contributed by atoms with van der Waals surface area (Å²) < 4.78 is 23.1. The van der Waals surface area contributed by atoms with Crippen molar-refractivity contribution in [3.63, 3.8) is 0 Å². The summed E-state index contributed by atoms with van der Waals surface area (Å²) in [6, 6.07) is 2.56. The molecule has 1 aliphatic rings. The third-order valence-corrected chi connectivity index (χ3v) is 5.48. The molecule has 1 atom stereocenters. The third-order valence-electron chi connectivity index (χ3n) is 3.72. The Labute approximate surface area is 135 Å². The van der Waals surface area contributed by atoms with Crippen molar-refractivity contribution in [2.75, 3.05) is 25.1 Å². The fraction of sp³-hybridized carbons (Fsp3) is 0.400. The number of nitrogens with zero attached hydrogens (tertiary/aromatic N) is 2. The van der Waals surface area contributed by atoms with Crippen LogP contribution in [0.1, 0.15) is 27.3 Å². The van der Waals surface area contributed by atoms with Crippen LogP contribution in [0.3, 0.4) is 0 Å². The first-order valence-electron chi connectivity index (χ1n) is 7.17. The molecule has 0 aromatic carbocycles. The Morgan fingerprint density at radius 3 is 2.87 bits per heavy atom. The predicted octanol–water partition coefficient (Wildman–Crippen LogP) is 0.257. The van der Waals surface area contributed by atoms with Crippen LogP contribution in [0.2, 0.25) is 0 Å². The number of hydrogen-bond donors (Lipinski definition) is 1. The Balaban J connectivity index is 2.13. The van der Waals surface area contributed by atoms with Crippen LogP contribution in [-0.2, 0) is 9.84 Å². The highest BCUT2D eigenvalue weighted by molar-refractivity contribution is 7.91. The van der Waals surface area contributed by atoms with Crippen molar-refractivity contribution in [1.29, 1.82) is 0 Å². The normalized spacial score (nSPS) is 19.1. The number of aromatic nitrogens is 1. The first kappa shape index (κ1) is 17.1. The van der Waals surface area contributed by atoms with E-state index in [0.29, 0.717) is 18.5 Å². The average molecular weight is 337 g/mol. The van der Waals surface area contributed by atoms with Crippen LogP contribution in [0, 0.1) is 0 Å². The Morgan fingerprint density at radius 2 is 2.26 bits per heavy atom. The second-order valence-electron chi connectivity index (χ2n) is 5.40. The Bertz CT molecular complexity index is 730. The maximum absolute atomic E-state index is 12.5. The van der Waals surface area contributed by atoms with Gasteiger partial charge in [0.05, 0.1) is 11.5 Å². The first-order chi connectivity index (χ1) is 10.8. The molecule has 124 valence electrons. The molecule has 8 heteroatoms. The number of hydrogen-bond acceptors (Lipinski definition) is 5. The molecule has 1 aliphatic heterocycles. The largest absolute Gasteiger partial charge is 0.349 e. The summed E-state index contributed by atoms with van der Waals surface area (Å²) in [5.41, 5.74) is 0.431. The van der Waals surface area contributed by atoms with E-state index in [9.17, 15) is 18.0 Å². The molecule has 1 unspecified atom stereocenters. The van der Waals surface area contributed by atoms with Crippen molar-refractivity contribution in [3.05, 3.63) is 42.2 Å². The van der Waals surface area contributed by atoms with Gasteiger partial charge in [-0.2, -0.15) is 0 Å². The second-order valence-corrected chi connectivity index (χ2v) is 7.63. The van der Waals surface area contributed by atoms with Gasteiger partial charge in [0, 0.05) is 31.4 Å². The van der Waals surface area contributed by atoms with Gasteiger partial charge in [0.1, 0.15) is 5.69 Å². The Hall–Kier alpha value is -2.22. The van der Waals surface area contributed by atoms with E-state index in [2.05, 4.69) is 16.9 Å². The van der Waals surface area contributed by atoms with E-state index in [0.717, 1.165) is 0 Å². The maximum Gasteiger partial charge on any atom is 0.272 e. The average Bonchev–Trinajstić information content (AvgIpc) is 2.91. The standard InChI is InChI=1S/C15H19N3O4S/c1-3-6-17-14(19)11-4-7-16-13(9-11)15(20)18(2)12-5-8-23(21,22)10-12/h3-4,7,9,12H,1,5-6,8,10H2,2H3,(H,17,19). The van der Waals surface area contributed by atoms with Gasteiger partial charge in [-0.05, 0) is 18.6 Å². The van der Waals surface area contributed by atoms with E-state index < -0.39 is 15.7 Å². The summed E-state index contributed by atoms with van der Waals surface area (Å²) in [6.07, 6.45) is 3.36. The minimum Gasteiger partial charge on any atom is -0.349 e. The van der Waals surface area contributed by atoms with Gasteiger partial charge in [-0.1, -0.05) is 6.08 Å². The summed E-state index contributed by atoms with van der Waals surface area (Å²) in [6.45, 7) is 3.84. The summed E-state index contributed by atoms with van der Waals surface area (Å²) in [4.78, 5) is 29.7. The Morgan fingerprint density at radius 1 is 1.52 bits per heavy atom. The fourth-order valence-corrected chi connectivity index (χ4v) is 4.16. The lowest BCUT2D eigenvalue weighted by atomic mass is 10.1. The first-order valence-corrected chi connectivity index (χ1v) is 8.99. The molecular weight excluding hydrogens is 318 g/mol. The lowest BCUT2D eigenvalue weighted by molar-refractivity contribution is 0.0742. The summed E-state index contributed by atoms with van der Waals surface area (Å²) >= 11 is 0. The van der Waals surface area contributed by atoms with Gasteiger partial charge in [0.15, 0.2) is 9.84 Å². The molecule has 2 rings (SSSR count). The smallest absolute Gasteiger partial charge is 0.272 e. The van der Waals surface area contributed by atoms with Crippen molar-refractivity contribution < 1.29 is 18.0 Å². The van der Waals surface area contributed by atoms with Crippen molar-refractivity contribution in [1.82, 2.24) is 15.2 Å². The second kappa shape index (κ2) is 6.91. The molecule has 0 radical (unpaired) electrons. The fourth-order valence-electron chi connectivity index (χ4n) is 2.38. The van der Waals surface area contributed by atoms with E-state index >= 15 is 0 Å². The molecule has 2 heterocycles. The molecule has 1 N–H and O–H groups in total. The zero-order valence-electron chi connectivity index (χ0n) is 12.9. The number of amides is 2. The van der Waals surface area contributed by atoms with Gasteiger partial charge in [0.25, 0.3) is 11.8 Å². The van der Waals surface area contributed by atoms with Crippen molar-refractivity contribution in [2.45, 2.75) is 12.5 Å². The topological polar surface area (TPSA) is 96.4 Å². The van der Waals surface area contributed by atoms with Crippen LogP contribution in [0.15, 0.2) is 31.0 Å². The molecule has 0 aliphatic carbocycles. The van der Waals surface area contributed by atoms with Gasteiger partial charge in [-0.3, -0.25) is 14.6 Å². The van der Waals surface area contributed by atoms with Gasteiger partial charge >= 0.3 is 0 Å². The Kier molecular flexibility index (Phi) is 5.15. The molecule has 1 saturated heterocycles. The molecule has 23 heavy (non-hydrogen) atoms. The minimum atomic E-state index is -3.08. The summed E-state index contributed by atoms with van der Waals surface area (Å²) in [5, 5.41) is 2.62. The van der Waals surface area contributed by atoms with Crippen LogP contribution in [0.4, 0.5) is 0 Å². The highest BCUT2D eigenvalue weighted by atomic mass is 32.2. The maximum atomic E-state index is 12.5. The summed E-state index contributed by atoms with van der Waals surface area (Å²) in [5.74, 6) is -0.667. The van der Waals surface area contributed by atoms with Gasteiger partial charge < -0.3 is 10.2 Å². The van der Waals surface area contributed by atoms with Crippen LogP contribution < -0.4 is 5.32 Å². The lowest BCUT2D eigenvalue weighted by Gasteiger charge is -2.23. The highest BCUT2D eigenvalue weighted by Crippen LogP contribution is 2.18. The number of carbonyl (C=O) groups excluding carboxylic acids is 2. The van der Waals surface area contributed by atoms with E-state index in [1.807, 2.05) is 0 Å². The van der Waals surface area contributed by atoms with Crippen LogP contribution >= 0.6 is 0 Å². The molecule has 0 bridgehead atoms. The quantitative estimate of drug-likeness (QED) is 0.777. The molecular formula is C15H19N3O4S. The number of pyridine rings is 1. The molecule has 1 aromatic rings. The number of rotatable bonds is 5. The lowest BCUT2D eigenvalue weighted by Crippen LogP contribution is -2.38. The van der Waals surface area contributed by atoms with Crippen LogP contribution in [-0.4, -0.2) is 61.3 Å². The van der Waals surface area contributed by atoms with Crippen LogP contribution in [0.25, 0.3) is 0 Å². The molecule has 2 amide bonds. The monoisotopic (exact) mass is 337 g/mol.